The van der Waals surface area contributed by atoms with Gasteiger partial charge in [0.2, 0.25) is 5.91 Å². The maximum Gasteiger partial charge on any atom is 0.230 e. The number of aryl methyl sites for hydroxylation is 2. The van der Waals surface area contributed by atoms with Crippen molar-refractivity contribution in [2.24, 2.45) is 0 Å². The van der Waals surface area contributed by atoms with Crippen LogP contribution in [0.1, 0.15) is 35.5 Å². The normalized spacial score (nSPS) is 11.8. The molecule has 0 aliphatic carbocycles. The molecule has 3 aromatic carbocycles. The van der Waals surface area contributed by atoms with Gasteiger partial charge in [-0.3, -0.25) is 9.36 Å². The standard InChI is InChI=1S/C27H27FN4O2S/c1-18-13-14-21(15-19(18)2)20(3)29-26(33)17-35-27-31-30-25(32(27)22-9-5-4-6-10-22)16-34-24-12-8-7-11-23(24)28/h4-15,20H,16-17H2,1-3H3,(H,29,33). The molecule has 6 nitrogen and oxygen atoms in total. The third kappa shape index (κ3) is 6.08. The van der Waals surface area contributed by atoms with Gasteiger partial charge in [0.25, 0.3) is 0 Å². The molecule has 0 fully saturated rings. The third-order valence-electron chi connectivity index (χ3n) is 5.65. The second kappa shape index (κ2) is 11.2. The molecule has 0 aliphatic heterocycles. The van der Waals surface area contributed by atoms with Crippen LogP contribution >= 0.6 is 11.8 Å². The number of amides is 1. The van der Waals surface area contributed by atoms with Gasteiger partial charge in [0.15, 0.2) is 22.5 Å². The quantitative estimate of drug-likeness (QED) is 0.311. The van der Waals surface area contributed by atoms with Crippen molar-refractivity contribution in [2.75, 3.05) is 5.75 Å². The number of carbonyl (C=O) groups is 1. The fraction of sp³-hybridized carbons (Fsp3) is 0.222. The van der Waals surface area contributed by atoms with Crippen LogP contribution in [-0.2, 0) is 11.4 Å². The van der Waals surface area contributed by atoms with Gasteiger partial charge in [0, 0.05) is 5.69 Å². The monoisotopic (exact) mass is 490 g/mol. The lowest BCUT2D eigenvalue weighted by Gasteiger charge is -2.16. The molecule has 0 saturated heterocycles. The highest BCUT2D eigenvalue weighted by Crippen LogP contribution is 2.24. The SMILES string of the molecule is Cc1ccc(C(C)NC(=O)CSc2nnc(COc3ccccc3F)n2-c2ccccc2)cc1C. The molecule has 35 heavy (non-hydrogen) atoms. The molecule has 4 aromatic rings. The van der Waals surface area contributed by atoms with Crippen LogP contribution in [0.4, 0.5) is 4.39 Å². The summed E-state index contributed by atoms with van der Waals surface area (Å²) in [7, 11) is 0. The lowest BCUT2D eigenvalue weighted by Crippen LogP contribution is -2.28. The van der Waals surface area contributed by atoms with Gasteiger partial charge in [-0.15, -0.1) is 10.2 Å². The molecule has 180 valence electrons. The molecule has 4 rings (SSSR count). The molecule has 1 amide bonds. The van der Waals surface area contributed by atoms with Crippen LogP contribution in [-0.4, -0.2) is 26.4 Å². The Balaban J connectivity index is 1.46. The molecular formula is C27H27FN4O2S. The highest BCUT2D eigenvalue weighted by atomic mass is 32.2. The molecule has 0 radical (unpaired) electrons. The minimum atomic E-state index is -0.442. The largest absolute Gasteiger partial charge is 0.483 e. The molecule has 0 saturated carbocycles. The van der Waals surface area contributed by atoms with E-state index < -0.39 is 5.82 Å². The first kappa shape index (κ1) is 24.5. The second-order valence-electron chi connectivity index (χ2n) is 8.21. The summed E-state index contributed by atoms with van der Waals surface area (Å²) < 4.78 is 21.5. The zero-order valence-electron chi connectivity index (χ0n) is 19.9. The summed E-state index contributed by atoms with van der Waals surface area (Å²) in [5.41, 5.74) is 4.31. The smallest absolute Gasteiger partial charge is 0.230 e. The Hall–Kier alpha value is -3.65. The predicted octanol–water partition coefficient (Wildman–Crippen LogP) is 5.57. The number of nitrogens with one attached hydrogen (secondary N) is 1. The Morgan fingerprint density at radius 1 is 1.03 bits per heavy atom. The van der Waals surface area contributed by atoms with E-state index in [0.29, 0.717) is 11.0 Å². The molecule has 1 unspecified atom stereocenters. The maximum absolute atomic E-state index is 14.0. The van der Waals surface area contributed by atoms with E-state index in [0.717, 1.165) is 11.3 Å². The summed E-state index contributed by atoms with van der Waals surface area (Å²) in [5.74, 6) is 0.277. The first-order chi connectivity index (χ1) is 16.9. The molecule has 0 bridgehead atoms. The minimum Gasteiger partial charge on any atom is -0.483 e. The fourth-order valence-corrected chi connectivity index (χ4v) is 4.34. The number of nitrogens with zero attached hydrogens (tertiary/aromatic N) is 3. The summed E-state index contributed by atoms with van der Waals surface area (Å²) in [5, 5.41) is 12.1. The summed E-state index contributed by atoms with van der Waals surface area (Å²) in [6.45, 7) is 6.13. The van der Waals surface area contributed by atoms with E-state index in [4.69, 9.17) is 4.74 Å². The highest BCUT2D eigenvalue weighted by Gasteiger charge is 2.18. The fourth-order valence-electron chi connectivity index (χ4n) is 3.56. The van der Waals surface area contributed by atoms with Gasteiger partial charge in [-0.05, 0) is 61.7 Å². The predicted molar refractivity (Wildman–Crippen MR) is 135 cm³/mol. The molecular weight excluding hydrogens is 463 g/mol. The number of halogens is 1. The number of para-hydroxylation sites is 2. The van der Waals surface area contributed by atoms with Gasteiger partial charge in [0.05, 0.1) is 11.8 Å². The lowest BCUT2D eigenvalue weighted by atomic mass is 10.0. The topological polar surface area (TPSA) is 69.0 Å². The van der Waals surface area contributed by atoms with Crippen LogP contribution in [0.15, 0.2) is 78.0 Å². The van der Waals surface area contributed by atoms with Crippen LogP contribution in [0.25, 0.3) is 5.69 Å². The Morgan fingerprint density at radius 3 is 2.51 bits per heavy atom. The Morgan fingerprint density at radius 2 is 1.77 bits per heavy atom. The molecule has 1 aromatic heterocycles. The van der Waals surface area contributed by atoms with Crippen molar-refractivity contribution in [1.82, 2.24) is 20.1 Å². The molecule has 1 atom stereocenters. The number of aromatic nitrogens is 3. The van der Waals surface area contributed by atoms with Crippen molar-refractivity contribution in [3.63, 3.8) is 0 Å². The first-order valence-electron chi connectivity index (χ1n) is 11.3. The van der Waals surface area contributed by atoms with Crippen molar-refractivity contribution in [2.45, 2.75) is 38.6 Å². The lowest BCUT2D eigenvalue weighted by molar-refractivity contribution is -0.119. The molecule has 1 heterocycles. The van der Waals surface area contributed by atoms with Crippen molar-refractivity contribution in [3.8, 4) is 11.4 Å². The minimum absolute atomic E-state index is 0.0272. The number of ether oxygens (including phenoxy) is 1. The van der Waals surface area contributed by atoms with E-state index in [2.05, 4.69) is 41.5 Å². The average Bonchev–Trinajstić information content (AvgIpc) is 3.27. The van der Waals surface area contributed by atoms with Gasteiger partial charge >= 0.3 is 0 Å². The summed E-state index contributed by atoms with van der Waals surface area (Å²) in [6.07, 6.45) is 0. The van der Waals surface area contributed by atoms with Gasteiger partial charge in [-0.2, -0.15) is 0 Å². The number of carbonyl (C=O) groups excluding carboxylic acids is 1. The summed E-state index contributed by atoms with van der Waals surface area (Å²) >= 11 is 1.29. The van der Waals surface area contributed by atoms with Gasteiger partial charge in [-0.25, -0.2) is 4.39 Å². The van der Waals surface area contributed by atoms with E-state index in [1.54, 1.807) is 18.2 Å². The summed E-state index contributed by atoms with van der Waals surface area (Å²) in [6, 6.07) is 21.9. The van der Waals surface area contributed by atoms with Gasteiger partial charge in [-0.1, -0.05) is 60.3 Å². The molecule has 0 spiro atoms. The third-order valence-corrected chi connectivity index (χ3v) is 6.58. The van der Waals surface area contributed by atoms with Crippen molar-refractivity contribution < 1.29 is 13.9 Å². The number of benzene rings is 3. The Labute approximate surface area is 208 Å². The van der Waals surface area contributed by atoms with E-state index in [9.17, 15) is 9.18 Å². The van der Waals surface area contributed by atoms with Crippen LogP contribution in [0.2, 0.25) is 0 Å². The van der Waals surface area contributed by atoms with Crippen LogP contribution < -0.4 is 10.1 Å². The van der Waals surface area contributed by atoms with Crippen LogP contribution in [0.5, 0.6) is 5.75 Å². The maximum atomic E-state index is 14.0. The van der Waals surface area contributed by atoms with E-state index in [1.165, 1.54) is 29.0 Å². The highest BCUT2D eigenvalue weighted by molar-refractivity contribution is 7.99. The van der Waals surface area contributed by atoms with Crippen molar-refractivity contribution >= 4 is 17.7 Å². The zero-order chi connectivity index (χ0) is 24.8. The van der Waals surface area contributed by atoms with E-state index >= 15 is 0 Å². The Bertz CT molecular complexity index is 1310. The first-order valence-corrected chi connectivity index (χ1v) is 12.3. The number of hydrogen-bond donors (Lipinski definition) is 1. The Kier molecular flexibility index (Phi) is 7.82. The van der Waals surface area contributed by atoms with Crippen molar-refractivity contribution in [1.29, 1.82) is 0 Å². The van der Waals surface area contributed by atoms with Crippen LogP contribution in [0.3, 0.4) is 0 Å². The van der Waals surface area contributed by atoms with Gasteiger partial charge < -0.3 is 10.1 Å². The number of rotatable bonds is 9. The van der Waals surface area contributed by atoms with E-state index in [1.807, 2.05) is 47.9 Å². The molecule has 0 aliphatic rings. The molecule has 1 N–H and O–H groups in total. The summed E-state index contributed by atoms with van der Waals surface area (Å²) in [4.78, 5) is 12.7. The van der Waals surface area contributed by atoms with E-state index in [-0.39, 0.29) is 30.1 Å². The van der Waals surface area contributed by atoms with Gasteiger partial charge in [0.1, 0.15) is 6.61 Å². The average molecular weight is 491 g/mol. The van der Waals surface area contributed by atoms with Crippen molar-refractivity contribution in [3.05, 3.63) is 101 Å². The number of thioether (sulfide) groups is 1. The zero-order valence-corrected chi connectivity index (χ0v) is 20.7. The second-order valence-corrected chi connectivity index (χ2v) is 9.15. The number of hydrogen-bond acceptors (Lipinski definition) is 5. The van der Waals surface area contributed by atoms with Crippen LogP contribution in [0, 0.1) is 19.7 Å². The molecule has 8 heteroatoms.